The van der Waals surface area contributed by atoms with Gasteiger partial charge in [-0.1, -0.05) is 193 Å². The fourth-order valence-corrected chi connectivity index (χ4v) is 14.9. The van der Waals surface area contributed by atoms with Crippen LogP contribution < -0.4 is 16.2 Å². The summed E-state index contributed by atoms with van der Waals surface area (Å²) in [6.45, 7) is 31.8. The number of anilines is 2. The molecule has 3 heterocycles. The molecule has 0 fully saturated rings. The van der Waals surface area contributed by atoms with Gasteiger partial charge in [0.15, 0.2) is 7.28 Å². The normalized spacial score (nSPS) is 17.8. The smallest absolute Gasteiger partial charge is 0.198 e. The topological polar surface area (TPSA) is 30.1 Å². The monoisotopic (exact) mass is 1000 g/mol. The van der Waals surface area contributed by atoms with Crippen molar-refractivity contribution in [2.45, 2.75) is 148 Å². The number of hydrogen-bond acceptors (Lipinski definition) is 2. The van der Waals surface area contributed by atoms with Gasteiger partial charge in [-0.25, -0.2) is 0 Å². The Labute approximate surface area is 457 Å². The van der Waals surface area contributed by atoms with Crippen molar-refractivity contribution in [1.82, 2.24) is 4.57 Å². The molecule has 3 aliphatic carbocycles. The van der Waals surface area contributed by atoms with E-state index in [2.05, 4.69) is 245 Å². The lowest BCUT2D eigenvalue weighted by Crippen LogP contribution is -2.39. The molecule has 1 N–H and O–H groups in total. The van der Waals surface area contributed by atoms with Crippen LogP contribution in [0.4, 0.5) is 11.4 Å². The minimum atomic E-state index is -0.313. The maximum atomic E-state index is 7.22. The van der Waals surface area contributed by atoms with Crippen molar-refractivity contribution in [3.05, 3.63) is 185 Å². The highest BCUT2D eigenvalue weighted by Gasteiger charge is 2.46. The van der Waals surface area contributed by atoms with E-state index in [-0.39, 0.29) is 32.5 Å². The third-order valence-electron chi connectivity index (χ3n) is 19.7. The second-order valence-corrected chi connectivity index (χ2v) is 27.9. The predicted octanol–water partition coefficient (Wildman–Crippen LogP) is 18.3. The third-order valence-corrected chi connectivity index (χ3v) is 19.7. The Balaban J connectivity index is 1.17. The number of furan rings is 1. The van der Waals surface area contributed by atoms with E-state index in [0.29, 0.717) is 0 Å². The zero-order valence-electron chi connectivity index (χ0n) is 47.7. The lowest BCUT2D eigenvalue weighted by molar-refractivity contribution is 0.332. The molecule has 0 spiro atoms. The Morgan fingerprint density at radius 3 is 1.73 bits per heavy atom. The first-order valence-corrected chi connectivity index (χ1v) is 28.6. The van der Waals surface area contributed by atoms with E-state index in [1.807, 2.05) is 0 Å². The number of hydrogen-bond donors (Lipinski definition) is 1. The molecule has 77 heavy (non-hydrogen) atoms. The first-order valence-electron chi connectivity index (χ1n) is 28.6. The van der Waals surface area contributed by atoms with Gasteiger partial charge in [0.05, 0.1) is 5.52 Å². The van der Waals surface area contributed by atoms with E-state index in [1.54, 1.807) is 0 Å². The lowest BCUT2D eigenvalue weighted by atomic mass is 9.56. The Bertz CT molecular complexity index is 4130. The summed E-state index contributed by atoms with van der Waals surface area (Å²) in [5.41, 5.74) is 28.5. The van der Waals surface area contributed by atoms with Crippen molar-refractivity contribution in [2.75, 3.05) is 5.32 Å². The molecule has 384 valence electrons. The number of benzene rings is 8. The Morgan fingerprint density at radius 1 is 0.519 bits per heavy atom. The van der Waals surface area contributed by atoms with Gasteiger partial charge in [-0.2, -0.15) is 0 Å². The molecule has 0 atom stereocenters. The highest BCUT2D eigenvalue weighted by molar-refractivity contribution is 6.74. The molecule has 10 aromatic rings. The second kappa shape index (κ2) is 16.0. The fraction of sp³-hybridized carbons (Fsp3) is 0.315. The van der Waals surface area contributed by atoms with Gasteiger partial charge in [0, 0.05) is 60.8 Å². The molecule has 4 aliphatic rings. The standard InChI is InChI=1S/C73H73BN2O/c1-68(2,3)44-28-30-45(31-29-44)75-56-39-53-51(69(4,5)32-34-71(53,8)9)36-47(56)63-64-61(46-26-20-21-27-50(46)73(64,12)13)62-48-37-52-54(72(10,11)35-33-70(52,6)7)40-57(48)76-58-38-49-59(41-55(58)74-65(63)66(62)76)77-67(43-24-18-15-19-25-43)60(49)42-22-16-14-17-23-42/h14-31,36-41,74-75H,32-35H2,1-13H3. The lowest BCUT2D eigenvalue weighted by Gasteiger charge is -2.43. The van der Waals surface area contributed by atoms with Gasteiger partial charge in [-0.3, -0.25) is 0 Å². The third kappa shape index (κ3) is 7.02. The van der Waals surface area contributed by atoms with Crippen LogP contribution in [0.3, 0.4) is 0 Å². The van der Waals surface area contributed by atoms with Gasteiger partial charge in [-0.15, -0.1) is 0 Å². The molecular weight excluding hydrogens is 932 g/mol. The molecule has 1 aliphatic heterocycles. The van der Waals surface area contributed by atoms with Crippen LogP contribution in [0.1, 0.15) is 155 Å². The molecule has 0 saturated carbocycles. The molecule has 4 heteroatoms. The average molecular weight is 1010 g/mol. The minimum Gasteiger partial charge on any atom is -0.455 e. The molecule has 0 amide bonds. The van der Waals surface area contributed by atoms with E-state index >= 15 is 0 Å². The number of nitrogens with one attached hydrogen (secondary N) is 1. The summed E-state index contributed by atoms with van der Waals surface area (Å²) >= 11 is 0. The van der Waals surface area contributed by atoms with Crippen molar-refractivity contribution >= 4 is 62.4 Å². The van der Waals surface area contributed by atoms with Gasteiger partial charge in [-0.05, 0) is 168 Å². The summed E-state index contributed by atoms with van der Waals surface area (Å²) in [5.74, 6) is 0.913. The summed E-state index contributed by atoms with van der Waals surface area (Å²) < 4.78 is 9.96. The predicted molar refractivity (Wildman–Crippen MR) is 330 cm³/mol. The maximum absolute atomic E-state index is 7.22. The molecular formula is C73H73BN2O. The molecule has 2 aromatic heterocycles. The maximum Gasteiger partial charge on any atom is 0.198 e. The summed E-state index contributed by atoms with van der Waals surface area (Å²) in [5, 5.41) is 8.08. The summed E-state index contributed by atoms with van der Waals surface area (Å²) in [7, 11) is 0.761. The Kier molecular flexibility index (Phi) is 10.1. The van der Waals surface area contributed by atoms with Crippen LogP contribution >= 0.6 is 0 Å². The zero-order chi connectivity index (χ0) is 53.5. The highest BCUT2D eigenvalue weighted by atomic mass is 16.3. The molecule has 0 bridgehead atoms. The van der Waals surface area contributed by atoms with Crippen LogP contribution in [0.2, 0.25) is 0 Å². The van der Waals surface area contributed by atoms with Crippen molar-refractivity contribution in [3.8, 4) is 50.4 Å². The SMILES string of the molecule is CC(C)(C)c1ccc(Nc2cc3c(cc2-c2c4c(c5c6cc7c(cc6n6c5c2Bc2cc5oc(-c8ccccc8)c(-c8ccccc8)c5cc2-6)C(C)(C)CCC7(C)C)-c2ccccc2C4(C)C)C(C)(C)CCC3(C)C)cc1. The van der Waals surface area contributed by atoms with Crippen molar-refractivity contribution in [3.63, 3.8) is 0 Å². The number of nitrogens with zero attached hydrogens (tertiary/aromatic N) is 1. The van der Waals surface area contributed by atoms with Crippen LogP contribution in [-0.2, 0) is 32.5 Å². The summed E-state index contributed by atoms with van der Waals surface area (Å²) in [6, 6.07) is 55.7. The Hall–Kier alpha value is -7.04. The molecule has 8 aromatic carbocycles. The van der Waals surface area contributed by atoms with E-state index in [0.717, 1.165) is 72.1 Å². The van der Waals surface area contributed by atoms with E-state index in [1.165, 1.54) is 105 Å². The molecule has 0 saturated heterocycles. The summed E-state index contributed by atoms with van der Waals surface area (Å²) in [6.07, 6.45) is 4.60. The molecule has 0 unspecified atom stereocenters. The van der Waals surface area contributed by atoms with Crippen LogP contribution in [0.25, 0.3) is 83.2 Å². The van der Waals surface area contributed by atoms with Crippen LogP contribution in [0.5, 0.6) is 0 Å². The molecule has 3 nitrogen and oxygen atoms in total. The number of rotatable bonds is 5. The van der Waals surface area contributed by atoms with Crippen molar-refractivity contribution in [2.24, 2.45) is 0 Å². The van der Waals surface area contributed by atoms with Crippen LogP contribution in [0, 0.1) is 0 Å². The zero-order valence-corrected chi connectivity index (χ0v) is 47.7. The average Bonchev–Trinajstić information content (AvgIpc) is 4.23. The number of fused-ring (bicyclic) bond motifs is 12. The highest BCUT2D eigenvalue weighted by Crippen LogP contribution is 2.59. The molecule has 14 rings (SSSR count). The van der Waals surface area contributed by atoms with Crippen molar-refractivity contribution in [1.29, 1.82) is 0 Å². The van der Waals surface area contributed by atoms with Gasteiger partial charge >= 0.3 is 0 Å². The quantitative estimate of drug-likeness (QED) is 0.174. The molecule has 0 radical (unpaired) electrons. The second-order valence-electron chi connectivity index (χ2n) is 27.9. The van der Waals surface area contributed by atoms with Gasteiger partial charge in [0.1, 0.15) is 11.3 Å². The van der Waals surface area contributed by atoms with E-state index in [4.69, 9.17) is 4.42 Å². The summed E-state index contributed by atoms with van der Waals surface area (Å²) in [4.78, 5) is 0. The Morgan fingerprint density at radius 2 is 1.09 bits per heavy atom. The first-order chi connectivity index (χ1) is 36.5. The van der Waals surface area contributed by atoms with Gasteiger partial charge in [0.25, 0.3) is 0 Å². The van der Waals surface area contributed by atoms with Crippen LogP contribution in [0.15, 0.2) is 150 Å². The van der Waals surface area contributed by atoms with Crippen molar-refractivity contribution < 1.29 is 4.42 Å². The number of aromatic nitrogens is 1. The largest absolute Gasteiger partial charge is 0.455 e. The van der Waals surface area contributed by atoms with Gasteiger partial charge in [0.2, 0.25) is 0 Å². The minimum absolute atomic E-state index is 0.00648. The fourth-order valence-electron chi connectivity index (χ4n) is 14.9. The van der Waals surface area contributed by atoms with E-state index < -0.39 is 0 Å². The van der Waals surface area contributed by atoms with Crippen LogP contribution in [-0.4, -0.2) is 11.8 Å². The van der Waals surface area contributed by atoms with Gasteiger partial charge < -0.3 is 14.3 Å². The van der Waals surface area contributed by atoms with E-state index in [9.17, 15) is 0 Å². The first kappa shape index (κ1) is 48.3.